The summed E-state index contributed by atoms with van der Waals surface area (Å²) in [4.78, 5) is 30.9. The van der Waals surface area contributed by atoms with Crippen molar-refractivity contribution in [3.8, 4) is 5.88 Å². The Labute approximate surface area is 173 Å². The number of nitrogens with one attached hydrogen (secondary N) is 2. The number of methoxy groups -OCH3 is 1. The van der Waals surface area contributed by atoms with Crippen LogP contribution in [0.4, 0.5) is 0 Å². The lowest BCUT2D eigenvalue weighted by Gasteiger charge is -2.31. The van der Waals surface area contributed by atoms with Gasteiger partial charge < -0.3 is 19.4 Å². The number of piperidine rings is 1. The zero-order valence-corrected chi connectivity index (χ0v) is 16.6. The van der Waals surface area contributed by atoms with Crippen LogP contribution in [0.15, 0.2) is 47.2 Å². The molecule has 0 spiro atoms. The highest BCUT2D eigenvalue weighted by Crippen LogP contribution is 2.28. The molecule has 30 heavy (non-hydrogen) atoms. The normalized spacial score (nSPS) is 14.5. The molecule has 4 rings (SSSR count). The van der Waals surface area contributed by atoms with E-state index in [4.69, 9.17) is 9.15 Å². The van der Waals surface area contributed by atoms with Crippen LogP contribution < -0.4 is 10.1 Å². The minimum atomic E-state index is -0.256. The Balaban J connectivity index is 1.30. The Bertz CT molecular complexity index is 989. The summed E-state index contributed by atoms with van der Waals surface area (Å²) < 4.78 is 10.2. The lowest BCUT2D eigenvalue weighted by atomic mass is 9.93. The van der Waals surface area contributed by atoms with Crippen molar-refractivity contribution in [2.45, 2.75) is 25.3 Å². The summed E-state index contributed by atoms with van der Waals surface area (Å²) in [6.07, 6.45) is 4.70. The Morgan fingerprint density at radius 1 is 1.30 bits per heavy atom. The number of pyridine rings is 1. The van der Waals surface area contributed by atoms with Crippen molar-refractivity contribution < 1.29 is 18.7 Å². The molecule has 1 saturated heterocycles. The van der Waals surface area contributed by atoms with Gasteiger partial charge in [-0.1, -0.05) is 0 Å². The van der Waals surface area contributed by atoms with Crippen LogP contribution in [0.2, 0.25) is 0 Å². The number of carbonyl (C=O) groups is 2. The molecular formula is C21H23N5O4. The summed E-state index contributed by atoms with van der Waals surface area (Å²) in [6, 6.07) is 8.77. The second-order valence-corrected chi connectivity index (χ2v) is 7.13. The molecular weight excluding hydrogens is 386 g/mol. The molecule has 4 heterocycles. The van der Waals surface area contributed by atoms with Gasteiger partial charge in [0.25, 0.3) is 11.8 Å². The number of nitrogens with zero attached hydrogens (tertiary/aromatic N) is 3. The van der Waals surface area contributed by atoms with Crippen molar-refractivity contribution in [3.63, 3.8) is 0 Å². The monoisotopic (exact) mass is 409 g/mol. The van der Waals surface area contributed by atoms with Crippen LogP contribution >= 0.6 is 0 Å². The molecule has 0 atom stereocenters. The van der Waals surface area contributed by atoms with Crippen molar-refractivity contribution in [1.82, 2.24) is 25.4 Å². The summed E-state index contributed by atoms with van der Waals surface area (Å²) >= 11 is 0. The molecule has 0 aromatic carbocycles. The summed E-state index contributed by atoms with van der Waals surface area (Å²) in [5.41, 5.74) is 1.81. The first-order valence-electron chi connectivity index (χ1n) is 9.79. The second kappa shape index (κ2) is 8.81. The number of carbonyl (C=O) groups excluding carboxylic acids is 2. The highest BCUT2D eigenvalue weighted by molar-refractivity contribution is 5.94. The fourth-order valence-electron chi connectivity index (χ4n) is 3.54. The number of hydrogen-bond acceptors (Lipinski definition) is 6. The number of likely N-dealkylation sites (tertiary alicyclic amines) is 1. The Morgan fingerprint density at radius 3 is 2.80 bits per heavy atom. The first-order valence-corrected chi connectivity index (χ1v) is 9.79. The Morgan fingerprint density at radius 2 is 2.13 bits per heavy atom. The van der Waals surface area contributed by atoms with Crippen molar-refractivity contribution in [1.29, 1.82) is 0 Å². The van der Waals surface area contributed by atoms with E-state index in [9.17, 15) is 9.59 Å². The van der Waals surface area contributed by atoms with Crippen LogP contribution in [0, 0.1) is 0 Å². The third-order valence-electron chi connectivity index (χ3n) is 5.25. The van der Waals surface area contributed by atoms with Gasteiger partial charge in [0.1, 0.15) is 11.5 Å². The summed E-state index contributed by atoms with van der Waals surface area (Å²) in [5, 5.41) is 9.90. The van der Waals surface area contributed by atoms with Gasteiger partial charge in [0, 0.05) is 37.0 Å². The standard InChI is InChI=1S/C21H23N5O4/c1-29-19-5-4-15(12-22-19)21(28)26-8-6-14(7-9-26)17-11-18(25-24-17)20(27)23-13-16-3-2-10-30-16/h2-5,10-12,14H,6-9,13H2,1H3,(H,23,27)(H,24,25). The molecule has 1 aliphatic rings. The first-order chi connectivity index (χ1) is 14.6. The van der Waals surface area contributed by atoms with Gasteiger partial charge in [0.2, 0.25) is 5.88 Å². The van der Waals surface area contributed by atoms with E-state index in [1.807, 2.05) is 4.90 Å². The van der Waals surface area contributed by atoms with E-state index in [-0.39, 0.29) is 17.7 Å². The maximum atomic E-state index is 12.7. The number of hydrogen-bond donors (Lipinski definition) is 2. The maximum Gasteiger partial charge on any atom is 0.272 e. The van der Waals surface area contributed by atoms with Gasteiger partial charge in [0.15, 0.2) is 0 Å². The number of H-pyrrole nitrogens is 1. The number of rotatable bonds is 6. The van der Waals surface area contributed by atoms with Gasteiger partial charge >= 0.3 is 0 Å². The lowest BCUT2D eigenvalue weighted by Crippen LogP contribution is -2.38. The molecule has 2 N–H and O–H groups in total. The van der Waals surface area contributed by atoms with E-state index in [2.05, 4.69) is 20.5 Å². The molecule has 0 radical (unpaired) electrons. The summed E-state index contributed by atoms with van der Waals surface area (Å²) in [7, 11) is 1.54. The topological polar surface area (TPSA) is 113 Å². The van der Waals surface area contributed by atoms with Gasteiger partial charge in [-0.3, -0.25) is 14.7 Å². The second-order valence-electron chi connectivity index (χ2n) is 7.13. The SMILES string of the molecule is COc1ccc(C(=O)N2CCC(c3cc(C(=O)NCc4ccco4)n[nH]3)CC2)cn1. The Hall–Kier alpha value is -3.62. The van der Waals surface area contributed by atoms with Gasteiger partial charge in [0.05, 0.1) is 25.5 Å². The van der Waals surface area contributed by atoms with Gasteiger partial charge in [-0.15, -0.1) is 0 Å². The maximum absolute atomic E-state index is 12.7. The predicted molar refractivity (Wildman–Crippen MR) is 107 cm³/mol. The minimum absolute atomic E-state index is 0.0359. The van der Waals surface area contributed by atoms with Crippen LogP contribution in [0.5, 0.6) is 5.88 Å². The number of amides is 2. The third kappa shape index (κ3) is 4.35. The van der Waals surface area contributed by atoms with E-state index >= 15 is 0 Å². The highest BCUT2D eigenvalue weighted by Gasteiger charge is 2.26. The lowest BCUT2D eigenvalue weighted by molar-refractivity contribution is 0.0711. The highest BCUT2D eigenvalue weighted by atomic mass is 16.5. The van der Waals surface area contributed by atoms with E-state index in [1.165, 1.54) is 13.3 Å². The Kier molecular flexibility index (Phi) is 5.78. The molecule has 3 aromatic heterocycles. The molecule has 2 amide bonds. The van der Waals surface area contributed by atoms with Gasteiger partial charge in [-0.25, -0.2) is 4.98 Å². The number of aromatic amines is 1. The van der Waals surface area contributed by atoms with E-state index in [0.29, 0.717) is 42.5 Å². The average Bonchev–Trinajstić information content (AvgIpc) is 3.49. The van der Waals surface area contributed by atoms with Crippen molar-refractivity contribution in [2.75, 3.05) is 20.2 Å². The van der Waals surface area contributed by atoms with Gasteiger partial charge in [-0.2, -0.15) is 5.10 Å². The molecule has 9 nitrogen and oxygen atoms in total. The molecule has 3 aromatic rings. The minimum Gasteiger partial charge on any atom is -0.481 e. The first kappa shape index (κ1) is 19.7. The molecule has 0 aliphatic carbocycles. The molecule has 0 bridgehead atoms. The molecule has 1 aliphatic heterocycles. The quantitative estimate of drug-likeness (QED) is 0.646. The van der Waals surface area contributed by atoms with Crippen molar-refractivity contribution in [3.05, 3.63) is 65.5 Å². The summed E-state index contributed by atoms with van der Waals surface area (Å²) in [5.74, 6) is 1.10. The number of ether oxygens (including phenoxy) is 1. The molecule has 156 valence electrons. The third-order valence-corrected chi connectivity index (χ3v) is 5.25. The molecule has 0 unspecified atom stereocenters. The smallest absolute Gasteiger partial charge is 0.272 e. The molecule has 9 heteroatoms. The fraction of sp³-hybridized carbons (Fsp3) is 0.333. The van der Waals surface area contributed by atoms with Gasteiger partial charge in [-0.05, 0) is 37.1 Å². The van der Waals surface area contributed by atoms with Crippen LogP contribution in [-0.4, -0.2) is 52.1 Å². The van der Waals surface area contributed by atoms with E-state index in [1.54, 1.807) is 36.6 Å². The van der Waals surface area contributed by atoms with E-state index in [0.717, 1.165) is 18.5 Å². The molecule has 1 fully saturated rings. The zero-order valence-electron chi connectivity index (χ0n) is 16.6. The van der Waals surface area contributed by atoms with Crippen LogP contribution in [-0.2, 0) is 6.54 Å². The van der Waals surface area contributed by atoms with Crippen LogP contribution in [0.1, 0.15) is 51.1 Å². The zero-order chi connectivity index (χ0) is 20.9. The van der Waals surface area contributed by atoms with Crippen molar-refractivity contribution in [2.24, 2.45) is 0 Å². The average molecular weight is 409 g/mol. The summed E-state index contributed by atoms with van der Waals surface area (Å²) in [6.45, 7) is 1.58. The van der Waals surface area contributed by atoms with Crippen molar-refractivity contribution >= 4 is 11.8 Å². The van der Waals surface area contributed by atoms with Crippen LogP contribution in [0.3, 0.4) is 0 Å². The fourth-order valence-corrected chi connectivity index (χ4v) is 3.54. The number of aromatic nitrogens is 3. The number of furan rings is 1. The van der Waals surface area contributed by atoms with Crippen LogP contribution in [0.25, 0.3) is 0 Å². The predicted octanol–water partition coefficient (Wildman–Crippen LogP) is 2.36. The largest absolute Gasteiger partial charge is 0.481 e. The van der Waals surface area contributed by atoms with E-state index < -0.39 is 0 Å². The molecule has 0 saturated carbocycles.